The maximum atomic E-state index is 10.8. The van der Waals surface area contributed by atoms with E-state index in [1.807, 2.05) is 0 Å². The van der Waals surface area contributed by atoms with Crippen LogP contribution in [0.3, 0.4) is 0 Å². The molecule has 0 aromatic rings. The van der Waals surface area contributed by atoms with Gasteiger partial charge in [-0.1, -0.05) is 0 Å². The monoisotopic (exact) mass is 190 g/mol. The van der Waals surface area contributed by atoms with Gasteiger partial charge in [-0.15, -0.1) is 9.52 Å². The van der Waals surface area contributed by atoms with E-state index in [4.69, 9.17) is 11.1 Å². The van der Waals surface area contributed by atoms with Crippen molar-refractivity contribution in [2.75, 3.05) is 6.26 Å². The lowest BCUT2D eigenvalue weighted by Crippen LogP contribution is -2.32. The molecule has 0 aromatic heterocycles. The van der Waals surface area contributed by atoms with E-state index in [1.54, 1.807) is 0 Å². The third-order valence-corrected chi connectivity index (χ3v) is 2.04. The Labute approximate surface area is 68.4 Å². The molecule has 7 nitrogen and oxygen atoms in total. The molecule has 1 aliphatic rings. The Kier molecular flexibility index (Phi) is 1.64. The Hall–Kier alpha value is -1.44. The van der Waals surface area contributed by atoms with Crippen LogP contribution in [0.2, 0.25) is 0 Å². The Morgan fingerprint density at radius 1 is 1.58 bits per heavy atom. The fraction of sp³-hybridized carbons (Fsp3) is 0.250. The van der Waals surface area contributed by atoms with Crippen LogP contribution in [0.25, 0.3) is 0 Å². The number of hydrazone groups is 1. The molecule has 0 unspecified atom stereocenters. The summed E-state index contributed by atoms with van der Waals surface area (Å²) in [6.45, 7) is 0. The first-order valence-electron chi connectivity index (χ1n) is 2.81. The van der Waals surface area contributed by atoms with Crippen molar-refractivity contribution < 1.29 is 13.2 Å². The molecule has 1 aliphatic heterocycles. The number of amidine groups is 2. The SMILES string of the molecule is CS(=O)(=O)N1N=C(N)C(=O)C1=N. The van der Waals surface area contributed by atoms with Gasteiger partial charge in [0.2, 0.25) is 5.84 Å². The first kappa shape index (κ1) is 8.65. The maximum absolute atomic E-state index is 10.8. The largest absolute Gasteiger partial charge is 0.379 e. The molecule has 0 saturated carbocycles. The Bertz CT molecular complexity index is 381. The third-order valence-electron chi connectivity index (χ3n) is 1.15. The van der Waals surface area contributed by atoms with Crippen LogP contribution in [0, 0.1) is 5.41 Å². The van der Waals surface area contributed by atoms with Crippen molar-refractivity contribution in [3.8, 4) is 0 Å². The maximum Gasteiger partial charge on any atom is 0.266 e. The number of carbonyl (C=O) groups is 1. The number of hydrogen-bond donors (Lipinski definition) is 2. The molecule has 8 heteroatoms. The van der Waals surface area contributed by atoms with E-state index in [2.05, 4.69) is 5.10 Å². The molecule has 0 spiro atoms. The molecular weight excluding hydrogens is 184 g/mol. The number of nitrogens with one attached hydrogen (secondary N) is 1. The molecule has 1 heterocycles. The van der Waals surface area contributed by atoms with Gasteiger partial charge in [-0.2, -0.15) is 0 Å². The lowest BCUT2D eigenvalue weighted by molar-refractivity contribution is -0.107. The van der Waals surface area contributed by atoms with Crippen LogP contribution < -0.4 is 5.73 Å². The number of nitrogens with two attached hydrogens (primary N) is 1. The highest BCUT2D eigenvalue weighted by molar-refractivity contribution is 7.89. The second kappa shape index (κ2) is 2.27. The molecular formula is C4H6N4O3S. The highest BCUT2D eigenvalue weighted by Crippen LogP contribution is 2.07. The summed E-state index contributed by atoms with van der Waals surface area (Å²) in [5, 5.41) is 10.2. The number of hydrogen-bond acceptors (Lipinski definition) is 6. The van der Waals surface area contributed by atoms with Crippen molar-refractivity contribution in [1.29, 1.82) is 5.41 Å². The fourth-order valence-electron chi connectivity index (χ4n) is 0.641. The number of ketones is 1. The van der Waals surface area contributed by atoms with E-state index in [0.717, 1.165) is 6.26 Å². The number of sulfonamides is 1. The van der Waals surface area contributed by atoms with Gasteiger partial charge in [0.25, 0.3) is 15.8 Å². The number of rotatable bonds is 1. The minimum Gasteiger partial charge on any atom is -0.379 e. The molecule has 0 fully saturated rings. The van der Waals surface area contributed by atoms with Gasteiger partial charge >= 0.3 is 0 Å². The number of nitrogens with zero attached hydrogens (tertiary/aromatic N) is 2. The van der Waals surface area contributed by atoms with Crippen LogP contribution in [0.4, 0.5) is 0 Å². The topological polar surface area (TPSA) is 117 Å². The van der Waals surface area contributed by atoms with Gasteiger partial charge in [0.15, 0.2) is 5.84 Å². The van der Waals surface area contributed by atoms with Gasteiger partial charge in [0.05, 0.1) is 6.26 Å². The fourth-order valence-corrected chi connectivity index (χ4v) is 1.29. The Morgan fingerprint density at radius 2 is 2.08 bits per heavy atom. The van der Waals surface area contributed by atoms with Gasteiger partial charge in [0, 0.05) is 0 Å². The highest BCUT2D eigenvalue weighted by Gasteiger charge is 2.34. The molecule has 0 atom stereocenters. The average molecular weight is 190 g/mol. The summed E-state index contributed by atoms with van der Waals surface area (Å²) in [7, 11) is -3.70. The Balaban J connectivity index is 3.17. The normalized spacial score (nSPS) is 18.4. The zero-order chi connectivity index (χ0) is 9.52. The molecule has 0 amide bonds. The van der Waals surface area contributed by atoms with Gasteiger partial charge in [-0.3, -0.25) is 10.2 Å². The second-order valence-electron chi connectivity index (χ2n) is 2.17. The van der Waals surface area contributed by atoms with Crippen molar-refractivity contribution >= 4 is 27.5 Å². The molecule has 3 N–H and O–H groups in total. The summed E-state index contributed by atoms with van der Waals surface area (Å²) in [6, 6.07) is 0. The van der Waals surface area contributed by atoms with Gasteiger partial charge in [-0.05, 0) is 0 Å². The molecule has 12 heavy (non-hydrogen) atoms. The van der Waals surface area contributed by atoms with Gasteiger partial charge in [-0.25, -0.2) is 8.42 Å². The lowest BCUT2D eigenvalue weighted by atomic mass is 10.4. The molecule has 0 aliphatic carbocycles. The van der Waals surface area contributed by atoms with Crippen LogP contribution >= 0.6 is 0 Å². The van der Waals surface area contributed by atoms with E-state index in [0.29, 0.717) is 4.41 Å². The highest BCUT2D eigenvalue weighted by atomic mass is 32.2. The quantitative estimate of drug-likeness (QED) is 0.501. The average Bonchev–Trinajstić information content (AvgIpc) is 2.15. The van der Waals surface area contributed by atoms with Crippen LogP contribution in [-0.2, 0) is 14.8 Å². The number of Topliss-reactive ketones (excluding diaryl/α,β-unsaturated/α-hetero) is 1. The predicted molar refractivity (Wildman–Crippen MR) is 41.0 cm³/mol. The molecule has 0 bridgehead atoms. The summed E-state index contributed by atoms with van der Waals surface area (Å²) in [6.07, 6.45) is 0.830. The molecule has 0 saturated heterocycles. The second-order valence-corrected chi connectivity index (χ2v) is 3.98. The van der Waals surface area contributed by atoms with E-state index >= 15 is 0 Å². The van der Waals surface area contributed by atoms with Crippen LogP contribution in [0.15, 0.2) is 5.10 Å². The summed E-state index contributed by atoms with van der Waals surface area (Å²) >= 11 is 0. The predicted octanol–water partition coefficient (Wildman–Crippen LogP) is -1.92. The van der Waals surface area contributed by atoms with Crippen molar-refractivity contribution in [2.45, 2.75) is 0 Å². The zero-order valence-electron chi connectivity index (χ0n) is 6.10. The van der Waals surface area contributed by atoms with E-state index in [9.17, 15) is 13.2 Å². The first-order valence-corrected chi connectivity index (χ1v) is 4.66. The summed E-state index contributed by atoms with van der Waals surface area (Å²) < 4.78 is 21.9. The van der Waals surface area contributed by atoms with Crippen molar-refractivity contribution in [2.24, 2.45) is 10.8 Å². The number of carbonyl (C=O) groups excluding carboxylic acids is 1. The van der Waals surface area contributed by atoms with Crippen LogP contribution in [-0.4, -0.2) is 36.5 Å². The zero-order valence-corrected chi connectivity index (χ0v) is 6.92. The molecule has 66 valence electrons. The minimum atomic E-state index is -3.70. The minimum absolute atomic E-state index is 0.296. The molecule has 0 aromatic carbocycles. The first-order chi connectivity index (χ1) is 5.34. The smallest absolute Gasteiger partial charge is 0.266 e. The van der Waals surface area contributed by atoms with Crippen molar-refractivity contribution in [1.82, 2.24) is 4.41 Å². The molecule has 0 radical (unpaired) electrons. The molecule has 1 rings (SSSR count). The van der Waals surface area contributed by atoms with E-state index < -0.39 is 27.5 Å². The van der Waals surface area contributed by atoms with E-state index in [-0.39, 0.29) is 0 Å². The summed E-state index contributed by atoms with van der Waals surface area (Å²) in [4.78, 5) is 10.8. The van der Waals surface area contributed by atoms with Crippen LogP contribution in [0.1, 0.15) is 0 Å². The van der Waals surface area contributed by atoms with Crippen molar-refractivity contribution in [3.05, 3.63) is 0 Å². The van der Waals surface area contributed by atoms with Gasteiger partial charge < -0.3 is 5.73 Å². The lowest BCUT2D eigenvalue weighted by Gasteiger charge is -2.07. The Morgan fingerprint density at radius 3 is 2.25 bits per heavy atom. The summed E-state index contributed by atoms with van der Waals surface area (Å²) in [5.41, 5.74) is 5.01. The van der Waals surface area contributed by atoms with E-state index in [1.165, 1.54) is 0 Å². The summed E-state index contributed by atoms with van der Waals surface area (Å²) in [5.74, 6) is -2.10. The standard InChI is InChI=1S/C4H6N4O3S/c1-12(10,11)8-4(6)2(9)3(5)7-8/h6H,1H3,(H2,5,7). The van der Waals surface area contributed by atoms with Crippen LogP contribution in [0.5, 0.6) is 0 Å². The van der Waals surface area contributed by atoms with Gasteiger partial charge in [0.1, 0.15) is 0 Å². The van der Waals surface area contributed by atoms with Crippen molar-refractivity contribution in [3.63, 3.8) is 0 Å². The third kappa shape index (κ3) is 1.16.